The first-order valence-corrected chi connectivity index (χ1v) is 5.60. The van der Waals surface area contributed by atoms with Crippen LogP contribution in [0.5, 0.6) is 0 Å². The Balaban J connectivity index is 2.25. The van der Waals surface area contributed by atoms with E-state index in [1.807, 2.05) is 25.1 Å². The van der Waals surface area contributed by atoms with Crippen molar-refractivity contribution in [3.8, 4) is 0 Å². The molecule has 0 saturated carbocycles. The summed E-state index contributed by atoms with van der Waals surface area (Å²) in [5.74, 6) is 1.36. The van der Waals surface area contributed by atoms with Crippen molar-refractivity contribution >= 4 is 28.9 Å². The summed E-state index contributed by atoms with van der Waals surface area (Å²) >= 11 is 6.13. The van der Waals surface area contributed by atoms with Crippen LogP contribution in [0.3, 0.4) is 0 Å². The minimum atomic E-state index is 0.655. The van der Waals surface area contributed by atoms with E-state index >= 15 is 0 Å². The molecule has 0 spiro atoms. The van der Waals surface area contributed by atoms with E-state index in [0.717, 1.165) is 11.3 Å². The first kappa shape index (κ1) is 11.7. The van der Waals surface area contributed by atoms with Gasteiger partial charge in [-0.25, -0.2) is 4.98 Å². The molecule has 1 aromatic heterocycles. The van der Waals surface area contributed by atoms with Gasteiger partial charge in [-0.2, -0.15) is 0 Å². The van der Waals surface area contributed by atoms with Crippen LogP contribution < -0.4 is 10.6 Å². The van der Waals surface area contributed by atoms with Crippen molar-refractivity contribution in [1.29, 1.82) is 0 Å². The van der Waals surface area contributed by atoms with Gasteiger partial charge in [-0.05, 0) is 24.6 Å². The predicted octanol–water partition coefficient (Wildman–Crippen LogP) is 3.22. The lowest BCUT2D eigenvalue weighted by atomic mass is 10.2. The number of hydrogen-bond acceptors (Lipinski definition) is 4. The molecule has 2 rings (SSSR count). The summed E-state index contributed by atoms with van der Waals surface area (Å²) in [4.78, 5) is 8.37. The van der Waals surface area contributed by atoms with E-state index in [4.69, 9.17) is 11.6 Å². The lowest BCUT2D eigenvalue weighted by Gasteiger charge is -2.08. The van der Waals surface area contributed by atoms with Gasteiger partial charge in [-0.3, -0.25) is 4.98 Å². The summed E-state index contributed by atoms with van der Waals surface area (Å²) in [6.45, 7) is 2.00. The second-order valence-electron chi connectivity index (χ2n) is 3.65. The van der Waals surface area contributed by atoms with Gasteiger partial charge in [0.15, 0.2) is 5.82 Å². The van der Waals surface area contributed by atoms with Gasteiger partial charge in [-0.15, -0.1) is 0 Å². The van der Waals surface area contributed by atoms with Gasteiger partial charge < -0.3 is 10.6 Å². The molecule has 4 nitrogen and oxygen atoms in total. The van der Waals surface area contributed by atoms with Crippen LogP contribution in [-0.2, 0) is 0 Å². The molecule has 0 aliphatic heterocycles. The maximum atomic E-state index is 6.13. The average molecular weight is 249 g/mol. The molecule has 5 heteroatoms. The molecule has 2 aromatic rings. The molecular weight excluding hydrogens is 236 g/mol. The number of aromatic nitrogens is 2. The fourth-order valence-electron chi connectivity index (χ4n) is 1.41. The van der Waals surface area contributed by atoms with Gasteiger partial charge in [0.05, 0.1) is 23.1 Å². The molecule has 88 valence electrons. The van der Waals surface area contributed by atoms with Crippen molar-refractivity contribution in [1.82, 2.24) is 9.97 Å². The number of nitrogens with zero attached hydrogens (tertiary/aromatic N) is 2. The van der Waals surface area contributed by atoms with Crippen LogP contribution in [0.15, 0.2) is 30.6 Å². The van der Waals surface area contributed by atoms with E-state index in [1.54, 1.807) is 19.4 Å². The molecule has 1 heterocycles. The minimum absolute atomic E-state index is 0.655. The summed E-state index contributed by atoms with van der Waals surface area (Å²) in [5.41, 5.74) is 1.94. The molecule has 0 amide bonds. The van der Waals surface area contributed by atoms with E-state index in [9.17, 15) is 0 Å². The van der Waals surface area contributed by atoms with Gasteiger partial charge in [0.2, 0.25) is 0 Å². The lowest BCUT2D eigenvalue weighted by Crippen LogP contribution is -1.99. The second kappa shape index (κ2) is 5.01. The maximum absolute atomic E-state index is 6.13. The van der Waals surface area contributed by atoms with Gasteiger partial charge in [0, 0.05) is 7.05 Å². The number of benzene rings is 1. The van der Waals surface area contributed by atoms with Crippen molar-refractivity contribution in [3.63, 3.8) is 0 Å². The van der Waals surface area contributed by atoms with Gasteiger partial charge in [0.1, 0.15) is 5.82 Å². The van der Waals surface area contributed by atoms with Crippen LogP contribution in [0, 0.1) is 6.92 Å². The van der Waals surface area contributed by atoms with Crippen molar-refractivity contribution in [2.75, 3.05) is 17.7 Å². The summed E-state index contributed by atoms with van der Waals surface area (Å²) < 4.78 is 0. The largest absolute Gasteiger partial charge is 0.372 e. The van der Waals surface area contributed by atoms with Crippen LogP contribution >= 0.6 is 11.6 Å². The van der Waals surface area contributed by atoms with E-state index in [-0.39, 0.29) is 0 Å². The highest BCUT2D eigenvalue weighted by Crippen LogP contribution is 2.25. The third kappa shape index (κ3) is 2.85. The van der Waals surface area contributed by atoms with Crippen molar-refractivity contribution in [3.05, 3.63) is 41.2 Å². The second-order valence-corrected chi connectivity index (χ2v) is 4.06. The fraction of sp³-hybridized carbons (Fsp3) is 0.167. The Morgan fingerprint density at radius 2 is 1.94 bits per heavy atom. The highest BCUT2D eigenvalue weighted by molar-refractivity contribution is 6.33. The first-order chi connectivity index (χ1) is 8.19. The molecule has 0 unspecified atom stereocenters. The molecule has 0 saturated heterocycles. The van der Waals surface area contributed by atoms with E-state index in [2.05, 4.69) is 20.6 Å². The van der Waals surface area contributed by atoms with Crippen LogP contribution in [-0.4, -0.2) is 17.0 Å². The van der Waals surface area contributed by atoms with Crippen LogP contribution in [0.4, 0.5) is 17.3 Å². The fourth-order valence-corrected chi connectivity index (χ4v) is 1.69. The Hall–Kier alpha value is -1.81. The highest BCUT2D eigenvalue weighted by atomic mass is 35.5. The Bertz CT molecular complexity index is 528. The topological polar surface area (TPSA) is 49.8 Å². The molecule has 1 aromatic carbocycles. The SMILES string of the molecule is CNc1cncc(Nc2ccc(C)cc2Cl)n1. The zero-order valence-electron chi connectivity index (χ0n) is 9.66. The molecule has 0 aliphatic carbocycles. The molecule has 0 aliphatic rings. The molecule has 0 atom stereocenters. The van der Waals surface area contributed by atoms with Crippen LogP contribution in [0.1, 0.15) is 5.56 Å². The summed E-state index contributed by atoms with van der Waals surface area (Å²) in [6, 6.07) is 5.81. The zero-order chi connectivity index (χ0) is 12.3. The zero-order valence-corrected chi connectivity index (χ0v) is 10.4. The molecule has 2 N–H and O–H groups in total. The van der Waals surface area contributed by atoms with Crippen LogP contribution in [0.25, 0.3) is 0 Å². The third-order valence-electron chi connectivity index (χ3n) is 2.28. The lowest BCUT2D eigenvalue weighted by molar-refractivity contribution is 1.18. The van der Waals surface area contributed by atoms with Crippen LogP contribution in [0.2, 0.25) is 5.02 Å². The summed E-state index contributed by atoms with van der Waals surface area (Å²) in [5, 5.41) is 6.73. The maximum Gasteiger partial charge on any atom is 0.151 e. The monoisotopic (exact) mass is 248 g/mol. The quantitative estimate of drug-likeness (QED) is 0.876. The molecule has 0 radical (unpaired) electrons. The molecule has 17 heavy (non-hydrogen) atoms. The van der Waals surface area contributed by atoms with Gasteiger partial charge >= 0.3 is 0 Å². The number of rotatable bonds is 3. The van der Waals surface area contributed by atoms with Crippen molar-refractivity contribution in [2.24, 2.45) is 0 Å². The van der Waals surface area contributed by atoms with Gasteiger partial charge in [-0.1, -0.05) is 17.7 Å². The Morgan fingerprint density at radius 3 is 2.65 bits per heavy atom. The van der Waals surface area contributed by atoms with E-state index < -0.39 is 0 Å². The van der Waals surface area contributed by atoms with E-state index in [0.29, 0.717) is 16.7 Å². The number of halogens is 1. The van der Waals surface area contributed by atoms with E-state index in [1.165, 1.54) is 0 Å². The first-order valence-electron chi connectivity index (χ1n) is 5.22. The average Bonchev–Trinajstić information content (AvgIpc) is 2.33. The summed E-state index contributed by atoms with van der Waals surface area (Å²) in [6.07, 6.45) is 3.30. The molecular formula is C12H13ClN4. The Morgan fingerprint density at radius 1 is 1.18 bits per heavy atom. The van der Waals surface area contributed by atoms with Crippen molar-refractivity contribution < 1.29 is 0 Å². The van der Waals surface area contributed by atoms with Gasteiger partial charge in [0.25, 0.3) is 0 Å². The summed E-state index contributed by atoms with van der Waals surface area (Å²) in [7, 11) is 1.80. The molecule has 0 fully saturated rings. The normalized spacial score (nSPS) is 10.1. The minimum Gasteiger partial charge on any atom is -0.372 e. The molecule has 0 bridgehead atoms. The third-order valence-corrected chi connectivity index (χ3v) is 2.59. The number of anilines is 3. The Labute approximate surface area is 105 Å². The number of aryl methyl sites for hydroxylation is 1. The Kier molecular flexibility index (Phi) is 3.44. The van der Waals surface area contributed by atoms with Crippen molar-refractivity contribution in [2.45, 2.75) is 6.92 Å². The standard InChI is InChI=1S/C12H13ClN4/c1-8-3-4-10(9(13)5-8)16-12-7-15-6-11(14-2)17-12/h3-7H,1-2H3,(H2,14,16,17). The number of hydrogen-bond donors (Lipinski definition) is 2. The highest BCUT2D eigenvalue weighted by Gasteiger charge is 2.02. The predicted molar refractivity (Wildman–Crippen MR) is 71.1 cm³/mol. The number of nitrogens with one attached hydrogen (secondary N) is 2. The smallest absolute Gasteiger partial charge is 0.151 e.